The summed E-state index contributed by atoms with van der Waals surface area (Å²) in [5.74, 6) is 0.566. The summed E-state index contributed by atoms with van der Waals surface area (Å²) in [6, 6.07) is 0.0885. The molecule has 0 aliphatic carbocycles. The number of hydrogen-bond acceptors (Lipinski definition) is 5. The fraction of sp³-hybridized carbons (Fsp3) is 0.833. The zero-order valence-electron chi connectivity index (χ0n) is 11.7. The minimum Gasteiger partial charge on any atom is -0.377 e. The number of rotatable bonds is 4. The van der Waals surface area contributed by atoms with E-state index in [1.807, 2.05) is 25.7 Å². The molecular weight excluding hydrogens is 246 g/mol. The lowest BCUT2D eigenvalue weighted by molar-refractivity contribution is -0.146. The van der Waals surface area contributed by atoms with Crippen LogP contribution in [-0.4, -0.2) is 57.2 Å². The molecule has 2 rings (SSSR count). The lowest BCUT2D eigenvalue weighted by Crippen LogP contribution is -2.54. The fourth-order valence-electron chi connectivity index (χ4n) is 2.63. The highest BCUT2D eigenvalue weighted by molar-refractivity contribution is 5.87. The number of morpholine rings is 1. The predicted octanol–water partition coefficient (Wildman–Crippen LogP) is 0.505. The third-order valence-electron chi connectivity index (χ3n) is 4.02. The standard InChI is InChI=1S/C12H21N5O2/c1-4-12(5-2,10-13-15-16-14-10)11(18)17-6-7-19-8-9(17)3/h9H,4-8H2,1-3H3,(H,13,14,15,16)/t9-/m1/s1. The number of hydrogen-bond donors (Lipinski definition) is 1. The Bertz CT molecular complexity index is 416. The van der Waals surface area contributed by atoms with Gasteiger partial charge in [-0.05, 0) is 19.8 Å². The summed E-state index contributed by atoms with van der Waals surface area (Å²) in [4.78, 5) is 14.8. The second-order valence-corrected chi connectivity index (χ2v) is 4.95. The van der Waals surface area contributed by atoms with Gasteiger partial charge in [-0.25, -0.2) is 0 Å². The SMILES string of the molecule is CCC(CC)(C(=O)N1CCOC[C@H]1C)c1nn[nH]n1. The molecule has 1 aromatic rings. The summed E-state index contributed by atoms with van der Waals surface area (Å²) >= 11 is 0. The lowest BCUT2D eigenvalue weighted by Gasteiger charge is -2.39. The summed E-state index contributed by atoms with van der Waals surface area (Å²) in [5.41, 5.74) is -0.682. The molecule has 1 aliphatic rings. The molecule has 7 nitrogen and oxygen atoms in total. The molecule has 0 saturated carbocycles. The monoisotopic (exact) mass is 267 g/mol. The van der Waals surface area contributed by atoms with Gasteiger partial charge in [-0.15, -0.1) is 10.2 Å². The van der Waals surface area contributed by atoms with Crippen molar-refractivity contribution in [2.24, 2.45) is 0 Å². The first-order valence-electron chi connectivity index (χ1n) is 6.78. The van der Waals surface area contributed by atoms with E-state index in [-0.39, 0.29) is 11.9 Å². The average molecular weight is 267 g/mol. The molecule has 7 heteroatoms. The van der Waals surface area contributed by atoms with Crippen LogP contribution < -0.4 is 0 Å². The number of aromatic amines is 1. The van der Waals surface area contributed by atoms with Gasteiger partial charge in [0.15, 0.2) is 5.82 Å². The molecule has 1 N–H and O–H groups in total. The molecule has 0 aromatic carbocycles. The number of carbonyl (C=O) groups is 1. The Balaban J connectivity index is 2.31. The number of ether oxygens (including phenoxy) is 1. The average Bonchev–Trinajstić information content (AvgIpc) is 2.96. The van der Waals surface area contributed by atoms with Crippen molar-refractivity contribution in [1.29, 1.82) is 0 Å². The molecule has 0 spiro atoms. The van der Waals surface area contributed by atoms with E-state index in [9.17, 15) is 4.79 Å². The zero-order valence-corrected chi connectivity index (χ0v) is 11.7. The summed E-state index contributed by atoms with van der Waals surface area (Å²) in [5, 5.41) is 14.1. The topological polar surface area (TPSA) is 84.0 Å². The quantitative estimate of drug-likeness (QED) is 0.859. The van der Waals surface area contributed by atoms with Gasteiger partial charge >= 0.3 is 0 Å². The van der Waals surface area contributed by atoms with Crippen LogP contribution in [0.15, 0.2) is 0 Å². The van der Waals surface area contributed by atoms with Crippen molar-refractivity contribution in [2.75, 3.05) is 19.8 Å². The minimum atomic E-state index is -0.682. The number of nitrogens with zero attached hydrogens (tertiary/aromatic N) is 4. The van der Waals surface area contributed by atoms with E-state index in [2.05, 4.69) is 20.6 Å². The molecule has 1 atom stereocenters. The van der Waals surface area contributed by atoms with Crippen molar-refractivity contribution in [3.63, 3.8) is 0 Å². The Labute approximate surface area is 112 Å². The number of amides is 1. The third kappa shape index (κ3) is 2.34. The maximum atomic E-state index is 12.9. The van der Waals surface area contributed by atoms with Crippen molar-refractivity contribution < 1.29 is 9.53 Å². The Morgan fingerprint density at radius 2 is 2.26 bits per heavy atom. The van der Waals surface area contributed by atoms with Crippen molar-refractivity contribution in [3.05, 3.63) is 5.82 Å². The Morgan fingerprint density at radius 3 is 2.79 bits per heavy atom. The first-order chi connectivity index (χ1) is 9.15. The normalized spacial score (nSPS) is 20.6. The molecule has 0 unspecified atom stereocenters. The molecule has 1 aromatic heterocycles. The van der Waals surface area contributed by atoms with Gasteiger partial charge in [0.1, 0.15) is 5.41 Å². The molecule has 1 aliphatic heterocycles. The van der Waals surface area contributed by atoms with E-state index in [1.54, 1.807) is 0 Å². The van der Waals surface area contributed by atoms with Crippen LogP contribution in [0.25, 0.3) is 0 Å². The van der Waals surface area contributed by atoms with E-state index >= 15 is 0 Å². The fourth-order valence-corrected chi connectivity index (χ4v) is 2.63. The second-order valence-electron chi connectivity index (χ2n) is 4.95. The maximum Gasteiger partial charge on any atom is 0.237 e. The molecule has 1 amide bonds. The van der Waals surface area contributed by atoms with Gasteiger partial charge in [0.2, 0.25) is 5.91 Å². The van der Waals surface area contributed by atoms with Gasteiger partial charge in [-0.3, -0.25) is 4.79 Å². The van der Waals surface area contributed by atoms with Gasteiger partial charge in [-0.1, -0.05) is 19.1 Å². The zero-order chi connectivity index (χ0) is 13.9. The molecule has 1 saturated heterocycles. The summed E-state index contributed by atoms with van der Waals surface area (Å²) in [7, 11) is 0. The van der Waals surface area contributed by atoms with Crippen LogP contribution in [-0.2, 0) is 14.9 Å². The minimum absolute atomic E-state index is 0.0784. The molecule has 19 heavy (non-hydrogen) atoms. The first kappa shape index (κ1) is 13.9. The molecule has 2 heterocycles. The number of carbonyl (C=O) groups excluding carboxylic acids is 1. The maximum absolute atomic E-state index is 12.9. The van der Waals surface area contributed by atoms with Crippen molar-refractivity contribution in [1.82, 2.24) is 25.5 Å². The number of H-pyrrole nitrogens is 1. The van der Waals surface area contributed by atoms with Crippen LogP contribution in [0.4, 0.5) is 0 Å². The highest BCUT2D eigenvalue weighted by atomic mass is 16.5. The Morgan fingerprint density at radius 1 is 1.53 bits per heavy atom. The first-order valence-corrected chi connectivity index (χ1v) is 6.78. The van der Waals surface area contributed by atoms with Crippen LogP contribution in [0.1, 0.15) is 39.4 Å². The van der Waals surface area contributed by atoms with Gasteiger partial charge in [0.25, 0.3) is 0 Å². The second kappa shape index (κ2) is 5.64. The third-order valence-corrected chi connectivity index (χ3v) is 4.02. The molecule has 0 bridgehead atoms. The number of tetrazole rings is 1. The molecular formula is C12H21N5O2. The van der Waals surface area contributed by atoms with Gasteiger partial charge < -0.3 is 9.64 Å². The summed E-state index contributed by atoms with van der Waals surface area (Å²) in [6.07, 6.45) is 1.32. The van der Waals surface area contributed by atoms with Crippen molar-refractivity contribution in [3.8, 4) is 0 Å². The van der Waals surface area contributed by atoms with Crippen molar-refractivity contribution in [2.45, 2.75) is 45.1 Å². The molecule has 106 valence electrons. The molecule has 1 fully saturated rings. The summed E-state index contributed by atoms with van der Waals surface area (Å²) < 4.78 is 5.39. The van der Waals surface area contributed by atoms with E-state index in [0.29, 0.717) is 38.4 Å². The highest BCUT2D eigenvalue weighted by Crippen LogP contribution is 2.32. The van der Waals surface area contributed by atoms with Crippen LogP contribution in [0.5, 0.6) is 0 Å². The van der Waals surface area contributed by atoms with E-state index in [4.69, 9.17) is 4.74 Å². The van der Waals surface area contributed by atoms with Gasteiger partial charge in [0.05, 0.1) is 19.3 Å². The Hall–Kier alpha value is -1.50. The lowest BCUT2D eigenvalue weighted by atomic mass is 9.79. The van der Waals surface area contributed by atoms with Gasteiger partial charge in [-0.2, -0.15) is 5.21 Å². The predicted molar refractivity (Wildman–Crippen MR) is 68.4 cm³/mol. The van der Waals surface area contributed by atoms with Crippen LogP contribution in [0.2, 0.25) is 0 Å². The van der Waals surface area contributed by atoms with Crippen LogP contribution in [0.3, 0.4) is 0 Å². The highest BCUT2D eigenvalue weighted by Gasteiger charge is 2.45. The summed E-state index contributed by atoms with van der Waals surface area (Å²) in [6.45, 7) is 7.78. The van der Waals surface area contributed by atoms with E-state index in [0.717, 1.165) is 0 Å². The van der Waals surface area contributed by atoms with Crippen LogP contribution in [0, 0.1) is 0 Å². The van der Waals surface area contributed by atoms with E-state index < -0.39 is 5.41 Å². The van der Waals surface area contributed by atoms with Crippen LogP contribution >= 0.6 is 0 Å². The van der Waals surface area contributed by atoms with E-state index in [1.165, 1.54) is 0 Å². The number of aromatic nitrogens is 4. The molecule has 0 radical (unpaired) electrons. The Kier molecular flexibility index (Phi) is 4.14. The largest absolute Gasteiger partial charge is 0.377 e. The smallest absolute Gasteiger partial charge is 0.237 e. The number of nitrogens with one attached hydrogen (secondary N) is 1. The van der Waals surface area contributed by atoms with Gasteiger partial charge in [0, 0.05) is 6.54 Å². The van der Waals surface area contributed by atoms with Crippen molar-refractivity contribution >= 4 is 5.91 Å².